The summed E-state index contributed by atoms with van der Waals surface area (Å²) in [7, 11) is 0. The number of carbonyl (C=O) groups excluding carboxylic acids is 1. The van der Waals surface area contributed by atoms with Crippen molar-refractivity contribution in [2.75, 3.05) is 0 Å². The van der Waals surface area contributed by atoms with Gasteiger partial charge in [-0.25, -0.2) is 0 Å². The van der Waals surface area contributed by atoms with Gasteiger partial charge in [0.1, 0.15) is 11.5 Å². The number of benzene rings is 3. The Balaban J connectivity index is 1.75. The van der Waals surface area contributed by atoms with Gasteiger partial charge in [0.15, 0.2) is 0 Å². The predicted octanol–water partition coefficient (Wildman–Crippen LogP) is 4.51. The number of hydrogen-bond acceptors (Lipinski definition) is 3. The summed E-state index contributed by atoms with van der Waals surface area (Å²) >= 11 is 0. The molecule has 0 aliphatic rings. The van der Waals surface area contributed by atoms with E-state index in [4.69, 9.17) is 4.74 Å². The minimum atomic E-state index is 0.00695. The molecule has 3 aromatic carbocycles. The number of aromatic nitrogens is 1. The molecule has 4 heteroatoms. The Morgan fingerprint density at radius 3 is 2.30 bits per heavy atom. The standard InChI is InChI=1S/C23H17NO3/c25-19-11-13-20(14-12-19)27-23-15-10-17-6-4-5-9-21(17)24(23)16-22(26)18-7-2-1-3-8-18/h1-15H,16H2/p+1. The molecule has 4 nitrogen and oxygen atoms in total. The number of nitrogens with zero attached hydrogens (tertiary/aromatic N) is 1. The Morgan fingerprint density at radius 2 is 1.52 bits per heavy atom. The highest BCUT2D eigenvalue weighted by molar-refractivity contribution is 5.95. The van der Waals surface area contributed by atoms with Crippen LogP contribution in [-0.2, 0) is 6.54 Å². The number of phenolic OH excluding ortho intramolecular Hbond substituents is 1. The maximum absolute atomic E-state index is 12.8. The molecule has 132 valence electrons. The van der Waals surface area contributed by atoms with Crippen LogP contribution in [0.15, 0.2) is 91.0 Å². The van der Waals surface area contributed by atoms with Crippen molar-refractivity contribution in [3.05, 3.63) is 96.6 Å². The van der Waals surface area contributed by atoms with Gasteiger partial charge in [-0.15, -0.1) is 0 Å². The monoisotopic (exact) mass is 356 g/mol. The second kappa shape index (κ2) is 7.30. The van der Waals surface area contributed by atoms with E-state index in [2.05, 4.69) is 0 Å². The molecule has 0 atom stereocenters. The summed E-state index contributed by atoms with van der Waals surface area (Å²) in [5.74, 6) is 1.33. The average molecular weight is 356 g/mol. The van der Waals surface area contributed by atoms with Gasteiger partial charge in [0.05, 0.1) is 6.07 Å². The van der Waals surface area contributed by atoms with Gasteiger partial charge in [-0.1, -0.05) is 42.5 Å². The van der Waals surface area contributed by atoms with Crippen molar-refractivity contribution in [2.45, 2.75) is 6.54 Å². The third-order valence-electron chi connectivity index (χ3n) is 4.36. The van der Waals surface area contributed by atoms with Gasteiger partial charge in [-0.3, -0.25) is 4.79 Å². The molecule has 0 saturated heterocycles. The summed E-state index contributed by atoms with van der Waals surface area (Å²) in [6.45, 7) is 0.165. The van der Waals surface area contributed by atoms with Crippen LogP contribution >= 0.6 is 0 Å². The maximum Gasteiger partial charge on any atom is 0.374 e. The SMILES string of the molecule is O=C(C[n+]1c(Oc2ccc(O)cc2)ccc2ccccc21)c1ccccc1. The Bertz CT molecular complexity index is 1090. The van der Waals surface area contributed by atoms with E-state index in [1.807, 2.05) is 71.3 Å². The second-order valence-corrected chi connectivity index (χ2v) is 6.20. The molecule has 4 aromatic rings. The number of carbonyl (C=O) groups is 1. The third kappa shape index (κ3) is 3.65. The van der Waals surface area contributed by atoms with Crippen LogP contribution in [0.25, 0.3) is 10.9 Å². The molecule has 0 bridgehead atoms. The first-order chi connectivity index (χ1) is 13.2. The lowest BCUT2D eigenvalue weighted by Crippen LogP contribution is -2.40. The lowest BCUT2D eigenvalue weighted by molar-refractivity contribution is -0.661. The summed E-state index contributed by atoms with van der Waals surface area (Å²) < 4.78 is 7.88. The van der Waals surface area contributed by atoms with Crippen LogP contribution in [0, 0.1) is 0 Å². The maximum atomic E-state index is 12.8. The van der Waals surface area contributed by atoms with Crippen LogP contribution in [-0.4, -0.2) is 10.9 Å². The van der Waals surface area contributed by atoms with Crippen molar-refractivity contribution < 1.29 is 19.2 Å². The first-order valence-corrected chi connectivity index (χ1v) is 8.67. The molecular weight excluding hydrogens is 338 g/mol. The number of ketones is 1. The quantitative estimate of drug-likeness (QED) is 0.423. The van der Waals surface area contributed by atoms with Gasteiger partial charge in [0, 0.05) is 17.0 Å². The van der Waals surface area contributed by atoms with E-state index < -0.39 is 0 Å². The molecule has 0 aliphatic heterocycles. The van der Waals surface area contributed by atoms with Crippen molar-refractivity contribution >= 4 is 16.7 Å². The summed E-state index contributed by atoms with van der Waals surface area (Å²) in [6.07, 6.45) is 0. The van der Waals surface area contributed by atoms with Crippen molar-refractivity contribution in [3.8, 4) is 17.4 Å². The van der Waals surface area contributed by atoms with E-state index in [0.29, 0.717) is 17.2 Å². The number of fused-ring (bicyclic) bond motifs is 1. The van der Waals surface area contributed by atoms with Crippen LogP contribution in [0.1, 0.15) is 10.4 Å². The van der Waals surface area contributed by atoms with E-state index in [1.165, 1.54) is 0 Å². The zero-order valence-electron chi connectivity index (χ0n) is 14.6. The second-order valence-electron chi connectivity index (χ2n) is 6.20. The van der Waals surface area contributed by atoms with Crippen molar-refractivity contribution in [1.82, 2.24) is 0 Å². The summed E-state index contributed by atoms with van der Waals surface area (Å²) in [5, 5.41) is 10.5. The number of hydrogen-bond donors (Lipinski definition) is 1. The Hall–Kier alpha value is -3.66. The third-order valence-corrected chi connectivity index (χ3v) is 4.36. The molecule has 0 radical (unpaired) electrons. The van der Waals surface area contributed by atoms with E-state index >= 15 is 0 Å². The molecular formula is C23H18NO3+. The van der Waals surface area contributed by atoms with Crippen molar-refractivity contribution in [1.29, 1.82) is 0 Å². The number of pyridine rings is 1. The van der Waals surface area contributed by atoms with Crippen molar-refractivity contribution in [2.24, 2.45) is 0 Å². The number of Topliss-reactive ketones (excluding diaryl/α,β-unsaturated/α-hetero) is 1. The van der Waals surface area contributed by atoms with Crippen molar-refractivity contribution in [3.63, 3.8) is 0 Å². The van der Waals surface area contributed by atoms with Gasteiger partial charge in [-0.05, 0) is 36.4 Å². The average Bonchev–Trinajstić information content (AvgIpc) is 2.72. The lowest BCUT2D eigenvalue weighted by Gasteiger charge is -2.08. The van der Waals surface area contributed by atoms with E-state index in [9.17, 15) is 9.90 Å². The Labute approximate surface area is 156 Å². The van der Waals surface area contributed by atoms with Crippen LogP contribution in [0.2, 0.25) is 0 Å². The zero-order valence-corrected chi connectivity index (χ0v) is 14.6. The molecule has 1 aromatic heterocycles. The van der Waals surface area contributed by atoms with E-state index in [-0.39, 0.29) is 18.1 Å². The molecule has 0 amide bonds. The fourth-order valence-electron chi connectivity index (χ4n) is 2.99. The fourth-order valence-corrected chi connectivity index (χ4v) is 2.99. The summed E-state index contributed by atoms with van der Waals surface area (Å²) in [5.41, 5.74) is 1.58. The fraction of sp³-hybridized carbons (Fsp3) is 0.0435. The van der Waals surface area contributed by atoms with Gasteiger partial charge >= 0.3 is 5.88 Å². The summed E-state index contributed by atoms with van der Waals surface area (Å²) in [6, 6.07) is 27.4. The topological polar surface area (TPSA) is 50.4 Å². The molecule has 0 fully saturated rings. The van der Waals surface area contributed by atoms with E-state index in [1.54, 1.807) is 24.3 Å². The van der Waals surface area contributed by atoms with Crippen LogP contribution < -0.4 is 9.30 Å². The molecule has 0 unspecified atom stereocenters. The minimum Gasteiger partial charge on any atom is -0.508 e. The number of aromatic hydroxyl groups is 1. The molecule has 27 heavy (non-hydrogen) atoms. The highest BCUT2D eigenvalue weighted by atomic mass is 16.5. The lowest BCUT2D eigenvalue weighted by atomic mass is 10.1. The predicted molar refractivity (Wildman–Crippen MR) is 103 cm³/mol. The number of phenols is 1. The highest BCUT2D eigenvalue weighted by Gasteiger charge is 2.22. The molecule has 0 saturated carbocycles. The van der Waals surface area contributed by atoms with Crippen LogP contribution in [0.3, 0.4) is 0 Å². The Kier molecular flexibility index (Phi) is 4.54. The zero-order chi connectivity index (χ0) is 18.6. The first-order valence-electron chi connectivity index (χ1n) is 8.67. The minimum absolute atomic E-state index is 0.00695. The largest absolute Gasteiger partial charge is 0.508 e. The number of ether oxygens (including phenoxy) is 1. The van der Waals surface area contributed by atoms with Gasteiger partial charge in [0.25, 0.3) is 0 Å². The molecule has 1 N–H and O–H groups in total. The van der Waals surface area contributed by atoms with E-state index in [0.717, 1.165) is 10.9 Å². The van der Waals surface area contributed by atoms with Crippen LogP contribution in [0.4, 0.5) is 0 Å². The van der Waals surface area contributed by atoms with Gasteiger partial charge in [0.2, 0.25) is 17.8 Å². The molecule has 0 spiro atoms. The molecule has 1 heterocycles. The number of para-hydroxylation sites is 1. The Morgan fingerprint density at radius 1 is 0.815 bits per heavy atom. The van der Waals surface area contributed by atoms with Gasteiger partial charge < -0.3 is 9.84 Å². The summed E-state index contributed by atoms with van der Waals surface area (Å²) in [4.78, 5) is 12.8. The number of rotatable bonds is 5. The first kappa shape index (κ1) is 16.8. The normalized spacial score (nSPS) is 10.7. The smallest absolute Gasteiger partial charge is 0.374 e. The van der Waals surface area contributed by atoms with Crippen LogP contribution in [0.5, 0.6) is 17.4 Å². The molecule has 0 aliphatic carbocycles. The highest BCUT2D eigenvalue weighted by Crippen LogP contribution is 2.23. The van der Waals surface area contributed by atoms with Gasteiger partial charge in [-0.2, -0.15) is 4.57 Å². The molecule has 4 rings (SSSR count).